The lowest BCUT2D eigenvalue weighted by molar-refractivity contribution is 0.600. The third kappa shape index (κ3) is 3.67. The zero-order valence-electron chi connectivity index (χ0n) is 13.7. The lowest BCUT2D eigenvalue weighted by Gasteiger charge is -2.14. The summed E-state index contributed by atoms with van der Waals surface area (Å²) in [6.07, 6.45) is 2.42. The van der Waals surface area contributed by atoms with Crippen molar-refractivity contribution in [1.29, 1.82) is 0 Å². The van der Waals surface area contributed by atoms with Crippen LogP contribution in [-0.4, -0.2) is 14.5 Å². The van der Waals surface area contributed by atoms with Crippen molar-refractivity contribution in [2.75, 3.05) is 10.0 Å². The molecular formula is C18H22N2O2S. The van der Waals surface area contributed by atoms with E-state index in [4.69, 9.17) is 0 Å². The molecule has 4 nitrogen and oxygen atoms in total. The Kier molecular flexibility index (Phi) is 4.06. The molecule has 0 aliphatic heterocycles. The normalized spacial score (nSPS) is 14.6. The van der Waals surface area contributed by atoms with Gasteiger partial charge in [0, 0.05) is 17.4 Å². The van der Waals surface area contributed by atoms with E-state index in [2.05, 4.69) is 10.0 Å². The van der Waals surface area contributed by atoms with Crippen molar-refractivity contribution in [3.8, 4) is 0 Å². The highest BCUT2D eigenvalue weighted by Crippen LogP contribution is 2.27. The van der Waals surface area contributed by atoms with Gasteiger partial charge in [0.1, 0.15) is 0 Å². The molecule has 1 fully saturated rings. The molecule has 0 heterocycles. The fourth-order valence-corrected chi connectivity index (χ4v) is 4.41. The maximum Gasteiger partial charge on any atom is 0.262 e. The lowest BCUT2D eigenvalue weighted by atomic mass is 10.1. The molecule has 0 atom stereocenters. The van der Waals surface area contributed by atoms with E-state index >= 15 is 0 Å². The number of rotatable bonds is 5. The highest BCUT2D eigenvalue weighted by atomic mass is 32.2. The van der Waals surface area contributed by atoms with Gasteiger partial charge in [-0.3, -0.25) is 4.72 Å². The minimum absolute atomic E-state index is 0.364. The van der Waals surface area contributed by atoms with Gasteiger partial charge in [-0.05, 0) is 69.0 Å². The molecule has 5 heteroatoms. The maximum absolute atomic E-state index is 12.7. The molecule has 1 aliphatic rings. The number of sulfonamides is 1. The van der Waals surface area contributed by atoms with Crippen LogP contribution < -0.4 is 10.0 Å². The molecule has 1 saturated carbocycles. The van der Waals surface area contributed by atoms with E-state index < -0.39 is 10.0 Å². The van der Waals surface area contributed by atoms with Gasteiger partial charge in [-0.15, -0.1) is 0 Å². The second-order valence-electron chi connectivity index (χ2n) is 6.33. The molecule has 0 aromatic heterocycles. The number of anilines is 2. The molecule has 2 aromatic rings. The molecule has 0 radical (unpaired) electrons. The summed E-state index contributed by atoms with van der Waals surface area (Å²) in [5.74, 6) is 0. The van der Waals surface area contributed by atoms with Crippen molar-refractivity contribution < 1.29 is 8.42 Å². The molecule has 2 N–H and O–H groups in total. The Morgan fingerprint density at radius 1 is 0.913 bits per heavy atom. The first kappa shape index (κ1) is 15.9. The zero-order valence-corrected chi connectivity index (χ0v) is 14.5. The molecule has 0 unspecified atom stereocenters. The summed E-state index contributed by atoms with van der Waals surface area (Å²) in [7, 11) is -3.59. The molecule has 122 valence electrons. The summed E-state index contributed by atoms with van der Waals surface area (Å²) in [6.45, 7) is 5.63. The second kappa shape index (κ2) is 5.89. The largest absolute Gasteiger partial charge is 0.382 e. The summed E-state index contributed by atoms with van der Waals surface area (Å²) >= 11 is 0. The molecule has 0 saturated heterocycles. The second-order valence-corrected chi connectivity index (χ2v) is 7.95. The highest BCUT2D eigenvalue weighted by Gasteiger charge is 2.21. The van der Waals surface area contributed by atoms with E-state index in [9.17, 15) is 8.42 Å². The van der Waals surface area contributed by atoms with E-state index in [-0.39, 0.29) is 0 Å². The molecule has 0 amide bonds. The van der Waals surface area contributed by atoms with Crippen LogP contribution in [0.5, 0.6) is 0 Å². The molecule has 1 aliphatic carbocycles. The maximum atomic E-state index is 12.7. The van der Waals surface area contributed by atoms with Gasteiger partial charge in [0.25, 0.3) is 10.0 Å². The third-order valence-corrected chi connectivity index (χ3v) is 5.64. The van der Waals surface area contributed by atoms with Crippen LogP contribution in [0, 0.1) is 20.8 Å². The number of benzene rings is 2. The van der Waals surface area contributed by atoms with Crippen molar-refractivity contribution in [3.05, 3.63) is 53.1 Å². The first-order valence-electron chi connectivity index (χ1n) is 7.82. The number of nitrogens with one attached hydrogen (secondary N) is 2. The van der Waals surface area contributed by atoms with Crippen LogP contribution in [0.15, 0.2) is 41.3 Å². The van der Waals surface area contributed by atoms with Crippen molar-refractivity contribution in [2.24, 2.45) is 0 Å². The van der Waals surface area contributed by atoms with E-state index in [1.807, 2.05) is 45.0 Å². The Morgan fingerprint density at radius 2 is 1.43 bits per heavy atom. The van der Waals surface area contributed by atoms with E-state index in [0.29, 0.717) is 16.6 Å². The van der Waals surface area contributed by atoms with Crippen molar-refractivity contribution in [1.82, 2.24) is 0 Å². The molecule has 2 aromatic carbocycles. The quantitative estimate of drug-likeness (QED) is 0.871. The average Bonchev–Trinajstić information content (AvgIpc) is 3.23. The van der Waals surface area contributed by atoms with Gasteiger partial charge in [-0.25, -0.2) is 8.42 Å². The molecule has 23 heavy (non-hydrogen) atoms. The minimum Gasteiger partial charge on any atom is -0.382 e. The lowest BCUT2D eigenvalue weighted by Crippen LogP contribution is -2.16. The summed E-state index contributed by atoms with van der Waals surface area (Å²) in [5.41, 5.74) is 4.20. The van der Waals surface area contributed by atoms with Gasteiger partial charge in [0.05, 0.1) is 4.90 Å². The standard InChI is InChI=1S/C18H22N2O2S/c1-12-10-13(2)18(14(3)11-12)23(21,22)20-17-8-6-16(7-9-17)19-15-4-5-15/h6-11,15,19-20H,4-5H2,1-3H3. The SMILES string of the molecule is Cc1cc(C)c(S(=O)(=O)Nc2ccc(NC3CC3)cc2)c(C)c1. The Morgan fingerprint density at radius 3 is 1.96 bits per heavy atom. The minimum atomic E-state index is -3.59. The van der Waals surface area contributed by atoms with Crippen molar-refractivity contribution in [2.45, 2.75) is 44.6 Å². The van der Waals surface area contributed by atoms with Gasteiger partial charge in [0.2, 0.25) is 0 Å². The summed E-state index contributed by atoms with van der Waals surface area (Å²) in [4.78, 5) is 0.364. The van der Waals surface area contributed by atoms with Crippen LogP contribution in [0.2, 0.25) is 0 Å². The smallest absolute Gasteiger partial charge is 0.262 e. The first-order valence-corrected chi connectivity index (χ1v) is 9.31. The van der Waals surface area contributed by atoms with Crippen LogP contribution >= 0.6 is 0 Å². The van der Waals surface area contributed by atoms with Gasteiger partial charge in [-0.1, -0.05) is 17.7 Å². The monoisotopic (exact) mass is 330 g/mol. The van der Waals surface area contributed by atoms with Gasteiger partial charge in [0.15, 0.2) is 0 Å². The fourth-order valence-electron chi connectivity index (χ4n) is 2.89. The van der Waals surface area contributed by atoms with Crippen LogP contribution in [0.4, 0.5) is 11.4 Å². The Hall–Kier alpha value is -2.01. The van der Waals surface area contributed by atoms with Crippen LogP contribution in [0.3, 0.4) is 0 Å². The van der Waals surface area contributed by atoms with Crippen molar-refractivity contribution in [3.63, 3.8) is 0 Å². The number of hydrogen-bond acceptors (Lipinski definition) is 3. The summed E-state index contributed by atoms with van der Waals surface area (Å²) in [5, 5.41) is 3.38. The Labute approximate surface area is 138 Å². The van der Waals surface area contributed by atoms with Gasteiger partial charge in [-0.2, -0.15) is 0 Å². The Bertz CT molecular complexity index is 800. The summed E-state index contributed by atoms with van der Waals surface area (Å²) in [6, 6.07) is 11.8. The fraction of sp³-hybridized carbons (Fsp3) is 0.333. The molecule has 0 bridgehead atoms. The van der Waals surface area contributed by atoms with E-state index in [1.54, 1.807) is 12.1 Å². The number of aryl methyl sites for hydroxylation is 3. The van der Waals surface area contributed by atoms with Crippen LogP contribution in [0.25, 0.3) is 0 Å². The zero-order chi connectivity index (χ0) is 16.6. The van der Waals surface area contributed by atoms with E-state index in [0.717, 1.165) is 22.4 Å². The Balaban J connectivity index is 1.83. The van der Waals surface area contributed by atoms with E-state index in [1.165, 1.54) is 12.8 Å². The van der Waals surface area contributed by atoms with Gasteiger partial charge >= 0.3 is 0 Å². The highest BCUT2D eigenvalue weighted by molar-refractivity contribution is 7.92. The first-order chi connectivity index (χ1) is 10.8. The topological polar surface area (TPSA) is 58.2 Å². The van der Waals surface area contributed by atoms with Crippen LogP contribution in [0.1, 0.15) is 29.5 Å². The van der Waals surface area contributed by atoms with Gasteiger partial charge < -0.3 is 5.32 Å². The van der Waals surface area contributed by atoms with Crippen molar-refractivity contribution >= 4 is 21.4 Å². The molecule has 3 rings (SSSR count). The summed E-state index contributed by atoms with van der Waals surface area (Å²) < 4.78 is 28.1. The molecule has 0 spiro atoms. The average molecular weight is 330 g/mol. The number of hydrogen-bond donors (Lipinski definition) is 2. The molecular weight excluding hydrogens is 308 g/mol. The third-order valence-electron chi connectivity index (χ3n) is 3.96. The van der Waals surface area contributed by atoms with Crippen LogP contribution in [-0.2, 0) is 10.0 Å². The predicted molar refractivity (Wildman–Crippen MR) is 94.5 cm³/mol. The predicted octanol–water partition coefficient (Wildman–Crippen LogP) is 3.99.